The minimum absolute atomic E-state index is 0.198. The molecule has 110 valence electrons. The van der Waals surface area contributed by atoms with E-state index in [-0.39, 0.29) is 5.82 Å². The predicted molar refractivity (Wildman–Crippen MR) is 87.5 cm³/mol. The molecule has 1 aliphatic rings. The highest BCUT2D eigenvalue weighted by atomic mass is 19.1. The number of halogens is 1. The van der Waals surface area contributed by atoms with Crippen molar-refractivity contribution in [1.82, 2.24) is 4.98 Å². The number of nitrogens with zero attached hydrogens (tertiary/aromatic N) is 2. The molecular weight excluding hydrogens is 275 g/mol. The molecule has 0 unspecified atom stereocenters. The Bertz CT molecular complexity index is 844. The molecule has 2 heterocycles. The van der Waals surface area contributed by atoms with Gasteiger partial charge in [0.05, 0.1) is 5.52 Å². The highest BCUT2D eigenvalue weighted by Gasteiger charge is 2.26. The molecule has 3 heteroatoms. The molecule has 0 saturated heterocycles. The van der Waals surface area contributed by atoms with Gasteiger partial charge in [0, 0.05) is 35.4 Å². The monoisotopic (exact) mass is 292 g/mol. The van der Waals surface area contributed by atoms with Gasteiger partial charge in [0.15, 0.2) is 0 Å². The summed E-state index contributed by atoms with van der Waals surface area (Å²) in [5, 5.41) is 0.859. The number of rotatable bonds is 2. The zero-order valence-electron chi connectivity index (χ0n) is 12.5. The summed E-state index contributed by atoms with van der Waals surface area (Å²) in [5.41, 5.74) is 4.45. The van der Waals surface area contributed by atoms with E-state index in [0.29, 0.717) is 12.6 Å². The SMILES string of the molecule is C[C@H]1Cc2ccccc2N1Cc1cc(F)cc2cccnc12. The molecule has 0 amide bonds. The van der Waals surface area contributed by atoms with Crippen molar-refractivity contribution in [3.8, 4) is 0 Å². The summed E-state index contributed by atoms with van der Waals surface area (Å²) >= 11 is 0. The molecule has 2 nitrogen and oxygen atoms in total. The van der Waals surface area contributed by atoms with Crippen LogP contribution in [0, 0.1) is 5.82 Å². The van der Waals surface area contributed by atoms with Crippen molar-refractivity contribution in [3.63, 3.8) is 0 Å². The van der Waals surface area contributed by atoms with E-state index in [1.165, 1.54) is 11.3 Å². The lowest BCUT2D eigenvalue weighted by atomic mass is 10.1. The number of anilines is 1. The minimum Gasteiger partial charge on any atom is -0.364 e. The van der Waals surface area contributed by atoms with Gasteiger partial charge < -0.3 is 4.90 Å². The van der Waals surface area contributed by atoms with Crippen molar-refractivity contribution in [1.29, 1.82) is 0 Å². The van der Waals surface area contributed by atoms with Crippen molar-refractivity contribution in [2.75, 3.05) is 4.90 Å². The Morgan fingerprint density at radius 2 is 2.05 bits per heavy atom. The maximum absolute atomic E-state index is 13.9. The van der Waals surface area contributed by atoms with Crippen LogP contribution in [-0.2, 0) is 13.0 Å². The molecule has 0 radical (unpaired) electrons. The smallest absolute Gasteiger partial charge is 0.124 e. The Labute approximate surface area is 129 Å². The molecule has 0 bridgehead atoms. The van der Waals surface area contributed by atoms with Gasteiger partial charge in [-0.1, -0.05) is 24.3 Å². The van der Waals surface area contributed by atoms with Gasteiger partial charge in [-0.15, -0.1) is 0 Å². The van der Waals surface area contributed by atoms with Gasteiger partial charge in [0.1, 0.15) is 5.82 Å². The molecule has 0 fully saturated rings. The zero-order chi connectivity index (χ0) is 15.1. The zero-order valence-corrected chi connectivity index (χ0v) is 12.5. The van der Waals surface area contributed by atoms with Crippen LogP contribution in [0.3, 0.4) is 0 Å². The number of hydrogen-bond acceptors (Lipinski definition) is 2. The molecule has 22 heavy (non-hydrogen) atoms. The van der Waals surface area contributed by atoms with Crippen molar-refractivity contribution in [2.24, 2.45) is 0 Å². The summed E-state index contributed by atoms with van der Waals surface area (Å²) in [6.07, 6.45) is 2.81. The standard InChI is InChI=1S/C19H17FN2/c1-13-9-14-5-2-3-7-18(14)22(13)12-16-11-17(20)10-15-6-4-8-21-19(15)16/h2-8,10-11,13H,9,12H2,1H3/t13-/m0/s1. The summed E-state index contributed by atoms with van der Waals surface area (Å²) in [6.45, 7) is 2.90. The minimum atomic E-state index is -0.198. The number of aromatic nitrogens is 1. The molecule has 0 spiro atoms. The molecule has 0 aliphatic carbocycles. The molecule has 2 aromatic carbocycles. The number of para-hydroxylation sites is 1. The third-order valence-electron chi connectivity index (χ3n) is 4.44. The first kappa shape index (κ1) is 13.3. The number of fused-ring (bicyclic) bond motifs is 2. The summed E-state index contributed by atoms with van der Waals surface area (Å²) in [6, 6.07) is 15.8. The summed E-state index contributed by atoms with van der Waals surface area (Å²) in [4.78, 5) is 6.80. The van der Waals surface area contributed by atoms with Crippen molar-refractivity contribution in [3.05, 3.63) is 71.7 Å². The van der Waals surface area contributed by atoms with Crippen LogP contribution in [0.1, 0.15) is 18.1 Å². The van der Waals surface area contributed by atoms with Gasteiger partial charge in [-0.05, 0) is 43.2 Å². The number of pyridine rings is 1. The van der Waals surface area contributed by atoms with Gasteiger partial charge in [-0.25, -0.2) is 4.39 Å². The van der Waals surface area contributed by atoms with E-state index in [0.717, 1.165) is 22.9 Å². The fourth-order valence-corrected chi connectivity index (χ4v) is 3.40. The topological polar surface area (TPSA) is 16.1 Å². The highest BCUT2D eigenvalue weighted by molar-refractivity contribution is 5.82. The molecule has 4 rings (SSSR count). The molecule has 0 N–H and O–H groups in total. The van der Waals surface area contributed by atoms with Crippen LogP contribution in [0.2, 0.25) is 0 Å². The van der Waals surface area contributed by atoms with Crippen molar-refractivity contribution < 1.29 is 4.39 Å². The van der Waals surface area contributed by atoms with Crippen LogP contribution in [0.4, 0.5) is 10.1 Å². The van der Waals surface area contributed by atoms with Crippen LogP contribution in [0.15, 0.2) is 54.7 Å². The van der Waals surface area contributed by atoms with Crippen LogP contribution in [0.25, 0.3) is 10.9 Å². The van der Waals surface area contributed by atoms with E-state index < -0.39 is 0 Å². The Morgan fingerprint density at radius 3 is 2.95 bits per heavy atom. The average Bonchev–Trinajstić information content (AvgIpc) is 2.83. The van der Waals surface area contributed by atoms with E-state index in [9.17, 15) is 4.39 Å². The fourth-order valence-electron chi connectivity index (χ4n) is 3.40. The van der Waals surface area contributed by atoms with Crippen molar-refractivity contribution >= 4 is 16.6 Å². The first-order chi connectivity index (χ1) is 10.7. The Hall–Kier alpha value is -2.42. The predicted octanol–water partition coefficient (Wildman–Crippen LogP) is 4.33. The molecule has 3 aromatic rings. The van der Waals surface area contributed by atoms with Crippen LogP contribution < -0.4 is 4.90 Å². The lowest BCUT2D eigenvalue weighted by molar-refractivity contribution is 0.623. The third kappa shape index (κ3) is 2.13. The van der Waals surface area contributed by atoms with Gasteiger partial charge in [-0.2, -0.15) is 0 Å². The Morgan fingerprint density at radius 1 is 1.18 bits per heavy atom. The van der Waals surface area contributed by atoms with Gasteiger partial charge in [0.2, 0.25) is 0 Å². The maximum Gasteiger partial charge on any atom is 0.124 e. The molecule has 1 aliphatic heterocycles. The van der Waals surface area contributed by atoms with E-state index in [2.05, 4.69) is 41.1 Å². The average molecular weight is 292 g/mol. The first-order valence-electron chi connectivity index (χ1n) is 7.60. The van der Waals surface area contributed by atoms with E-state index in [1.807, 2.05) is 12.1 Å². The van der Waals surface area contributed by atoms with Crippen molar-refractivity contribution in [2.45, 2.75) is 25.9 Å². The molecule has 1 aromatic heterocycles. The summed E-state index contributed by atoms with van der Waals surface area (Å²) < 4.78 is 13.9. The van der Waals surface area contributed by atoms with Gasteiger partial charge in [0.25, 0.3) is 0 Å². The second-order valence-corrected chi connectivity index (χ2v) is 5.95. The number of benzene rings is 2. The second kappa shape index (κ2) is 5.09. The van der Waals surface area contributed by atoms with Crippen LogP contribution in [0.5, 0.6) is 0 Å². The number of hydrogen-bond donors (Lipinski definition) is 0. The third-order valence-corrected chi connectivity index (χ3v) is 4.44. The largest absolute Gasteiger partial charge is 0.364 e. The molecule has 0 saturated carbocycles. The molecule has 1 atom stereocenters. The quantitative estimate of drug-likeness (QED) is 0.699. The van der Waals surface area contributed by atoms with E-state index >= 15 is 0 Å². The fraction of sp³-hybridized carbons (Fsp3) is 0.211. The Kier molecular flexibility index (Phi) is 3.07. The van der Waals surface area contributed by atoms with Gasteiger partial charge in [-0.3, -0.25) is 4.98 Å². The summed E-state index contributed by atoms with van der Waals surface area (Å²) in [5.74, 6) is -0.198. The Balaban J connectivity index is 1.78. The second-order valence-electron chi connectivity index (χ2n) is 5.95. The maximum atomic E-state index is 13.9. The lowest BCUT2D eigenvalue weighted by Gasteiger charge is -2.25. The first-order valence-corrected chi connectivity index (χ1v) is 7.60. The summed E-state index contributed by atoms with van der Waals surface area (Å²) in [7, 11) is 0. The van der Waals surface area contributed by atoms with E-state index in [1.54, 1.807) is 18.3 Å². The highest BCUT2D eigenvalue weighted by Crippen LogP contribution is 2.34. The van der Waals surface area contributed by atoms with E-state index in [4.69, 9.17) is 0 Å². The van der Waals surface area contributed by atoms with Crippen LogP contribution in [-0.4, -0.2) is 11.0 Å². The normalized spacial score (nSPS) is 17.0. The van der Waals surface area contributed by atoms with Crippen LogP contribution >= 0.6 is 0 Å². The van der Waals surface area contributed by atoms with Gasteiger partial charge >= 0.3 is 0 Å². The molecular formula is C19H17FN2. The lowest BCUT2D eigenvalue weighted by Crippen LogP contribution is -2.28.